The zero-order valence-electron chi connectivity index (χ0n) is 7.54. The monoisotopic (exact) mass is 194 g/mol. The summed E-state index contributed by atoms with van der Waals surface area (Å²) in [5, 5.41) is 0. The highest BCUT2D eigenvalue weighted by molar-refractivity contribution is 5.35. The van der Waals surface area contributed by atoms with Crippen LogP contribution in [0.25, 0.3) is 5.69 Å². The van der Waals surface area contributed by atoms with Gasteiger partial charge in [-0.15, -0.1) is 0 Å². The minimum atomic E-state index is -0.853. The van der Waals surface area contributed by atoms with E-state index in [1.54, 1.807) is 13.1 Å². The molecule has 0 amide bonds. The molecule has 0 bridgehead atoms. The molecule has 0 spiro atoms. The molecule has 1 aromatic heterocycles. The fourth-order valence-electron chi connectivity index (χ4n) is 1.29. The Bertz CT molecular complexity index is 463. The van der Waals surface area contributed by atoms with Gasteiger partial charge in [-0.3, -0.25) is 0 Å². The minimum absolute atomic E-state index is 0.181. The van der Waals surface area contributed by atoms with E-state index < -0.39 is 11.6 Å². The van der Waals surface area contributed by atoms with Crippen molar-refractivity contribution in [3.8, 4) is 5.69 Å². The molecule has 0 saturated heterocycles. The molecule has 2 nitrogen and oxygen atoms in total. The standard InChI is InChI=1S/C10H8F2N2/c1-7-5-13-6-14(7)9-4-2-3-8(11)10(9)12/h2-6H,1H3. The fraction of sp³-hybridized carbons (Fsp3) is 0.100. The molecule has 1 heterocycles. The average molecular weight is 194 g/mol. The molecular weight excluding hydrogens is 186 g/mol. The predicted octanol–water partition coefficient (Wildman–Crippen LogP) is 2.46. The molecule has 14 heavy (non-hydrogen) atoms. The minimum Gasteiger partial charge on any atom is -0.301 e. The lowest BCUT2D eigenvalue weighted by atomic mass is 10.3. The van der Waals surface area contributed by atoms with Crippen LogP contribution in [0.3, 0.4) is 0 Å². The molecule has 0 aliphatic rings. The van der Waals surface area contributed by atoms with Crippen LogP contribution in [0, 0.1) is 18.6 Å². The third-order valence-corrected chi connectivity index (χ3v) is 2.01. The first kappa shape index (κ1) is 8.87. The van der Waals surface area contributed by atoms with Crippen molar-refractivity contribution in [2.75, 3.05) is 0 Å². The Morgan fingerprint density at radius 3 is 2.71 bits per heavy atom. The lowest BCUT2D eigenvalue weighted by molar-refractivity contribution is 0.504. The second-order valence-electron chi connectivity index (χ2n) is 2.98. The quantitative estimate of drug-likeness (QED) is 0.681. The van der Waals surface area contributed by atoms with Crippen molar-refractivity contribution in [3.63, 3.8) is 0 Å². The summed E-state index contributed by atoms with van der Waals surface area (Å²) in [4.78, 5) is 3.84. The van der Waals surface area contributed by atoms with Crippen molar-refractivity contribution in [2.24, 2.45) is 0 Å². The molecule has 0 unspecified atom stereocenters. The third-order valence-electron chi connectivity index (χ3n) is 2.01. The van der Waals surface area contributed by atoms with Gasteiger partial charge >= 0.3 is 0 Å². The van der Waals surface area contributed by atoms with E-state index in [0.717, 1.165) is 11.8 Å². The molecule has 0 atom stereocenters. The smallest absolute Gasteiger partial charge is 0.182 e. The van der Waals surface area contributed by atoms with Crippen LogP contribution in [0.15, 0.2) is 30.7 Å². The average Bonchev–Trinajstić information content (AvgIpc) is 2.57. The normalized spacial score (nSPS) is 10.5. The molecule has 2 aromatic rings. The van der Waals surface area contributed by atoms with Gasteiger partial charge in [0.1, 0.15) is 0 Å². The molecule has 72 valence electrons. The Hall–Kier alpha value is -1.71. The number of rotatable bonds is 1. The summed E-state index contributed by atoms with van der Waals surface area (Å²) in [6, 6.07) is 4.06. The first-order valence-corrected chi connectivity index (χ1v) is 4.13. The van der Waals surface area contributed by atoms with E-state index in [9.17, 15) is 8.78 Å². The van der Waals surface area contributed by atoms with Crippen LogP contribution in [-0.4, -0.2) is 9.55 Å². The van der Waals surface area contributed by atoms with Gasteiger partial charge in [-0.2, -0.15) is 0 Å². The summed E-state index contributed by atoms with van der Waals surface area (Å²) in [6.45, 7) is 1.78. The number of nitrogens with zero attached hydrogens (tertiary/aromatic N) is 2. The number of benzene rings is 1. The fourth-order valence-corrected chi connectivity index (χ4v) is 1.29. The van der Waals surface area contributed by atoms with Crippen LogP contribution in [0.1, 0.15) is 5.69 Å². The molecule has 0 saturated carbocycles. The maximum Gasteiger partial charge on any atom is 0.182 e. The molecule has 0 fully saturated rings. The largest absolute Gasteiger partial charge is 0.301 e. The zero-order valence-corrected chi connectivity index (χ0v) is 7.54. The molecular formula is C10H8F2N2. The molecule has 0 aliphatic carbocycles. The molecule has 0 aliphatic heterocycles. The van der Waals surface area contributed by atoms with Crippen molar-refractivity contribution in [3.05, 3.63) is 48.1 Å². The van der Waals surface area contributed by atoms with Crippen LogP contribution in [-0.2, 0) is 0 Å². The highest BCUT2D eigenvalue weighted by atomic mass is 19.2. The van der Waals surface area contributed by atoms with Crippen LogP contribution < -0.4 is 0 Å². The van der Waals surface area contributed by atoms with E-state index >= 15 is 0 Å². The topological polar surface area (TPSA) is 17.8 Å². The Balaban J connectivity index is 2.63. The van der Waals surface area contributed by atoms with E-state index in [1.165, 1.54) is 23.0 Å². The van der Waals surface area contributed by atoms with Gasteiger partial charge < -0.3 is 4.57 Å². The van der Waals surface area contributed by atoms with E-state index in [0.29, 0.717) is 0 Å². The Kier molecular flexibility index (Phi) is 2.04. The first-order chi connectivity index (χ1) is 6.70. The van der Waals surface area contributed by atoms with E-state index in [1.807, 2.05) is 0 Å². The maximum absolute atomic E-state index is 13.3. The second kappa shape index (κ2) is 3.21. The highest BCUT2D eigenvalue weighted by Crippen LogP contribution is 2.17. The van der Waals surface area contributed by atoms with Gasteiger partial charge in [0.05, 0.1) is 12.0 Å². The molecule has 2 rings (SSSR count). The van der Waals surface area contributed by atoms with Crippen LogP contribution >= 0.6 is 0 Å². The molecule has 4 heteroatoms. The van der Waals surface area contributed by atoms with Crippen molar-refractivity contribution in [1.29, 1.82) is 0 Å². The maximum atomic E-state index is 13.3. The Labute approximate surface area is 79.8 Å². The number of hydrogen-bond donors (Lipinski definition) is 0. The highest BCUT2D eigenvalue weighted by Gasteiger charge is 2.10. The zero-order chi connectivity index (χ0) is 10.1. The summed E-state index contributed by atoms with van der Waals surface area (Å²) < 4.78 is 27.7. The van der Waals surface area contributed by atoms with Gasteiger partial charge in [0.2, 0.25) is 0 Å². The van der Waals surface area contributed by atoms with Gasteiger partial charge in [0.15, 0.2) is 11.6 Å². The van der Waals surface area contributed by atoms with Crippen molar-refractivity contribution in [1.82, 2.24) is 9.55 Å². The molecule has 0 radical (unpaired) electrons. The Morgan fingerprint density at radius 1 is 1.29 bits per heavy atom. The first-order valence-electron chi connectivity index (χ1n) is 4.13. The number of halogens is 2. The lowest BCUT2D eigenvalue weighted by Gasteiger charge is -2.06. The van der Waals surface area contributed by atoms with Crippen LogP contribution in [0.5, 0.6) is 0 Å². The van der Waals surface area contributed by atoms with Gasteiger partial charge in [-0.25, -0.2) is 13.8 Å². The number of aryl methyl sites for hydroxylation is 1. The van der Waals surface area contributed by atoms with E-state index in [-0.39, 0.29) is 5.69 Å². The Morgan fingerprint density at radius 2 is 2.07 bits per heavy atom. The molecule has 1 aromatic carbocycles. The van der Waals surface area contributed by atoms with E-state index in [4.69, 9.17) is 0 Å². The summed E-state index contributed by atoms with van der Waals surface area (Å²) in [6.07, 6.45) is 3.04. The van der Waals surface area contributed by atoms with Gasteiger partial charge in [-0.05, 0) is 19.1 Å². The molecule has 0 N–H and O–H groups in total. The van der Waals surface area contributed by atoms with Crippen molar-refractivity contribution in [2.45, 2.75) is 6.92 Å². The number of hydrogen-bond acceptors (Lipinski definition) is 1. The SMILES string of the molecule is Cc1cncn1-c1cccc(F)c1F. The lowest BCUT2D eigenvalue weighted by Crippen LogP contribution is -1.99. The summed E-state index contributed by atoms with van der Waals surface area (Å²) >= 11 is 0. The number of aromatic nitrogens is 2. The third kappa shape index (κ3) is 1.28. The number of imidazole rings is 1. The second-order valence-corrected chi connectivity index (χ2v) is 2.98. The van der Waals surface area contributed by atoms with Crippen LogP contribution in [0.4, 0.5) is 8.78 Å². The predicted molar refractivity (Wildman–Crippen MR) is 48.2 cm³/mol. The summed E-state index contributed by atoms with van der Waals surface area (Å²) in [5.41, 5.74) is 0.939. The van der Waals surface area contributed by atoms with Gasteiger partial charge in [0.25, 0.3) is 0 Å². The van der Waals surface area contributed by atoms with E-state index in [2.05, 4.69) is 4.98 Å². The van der Waals surface area contributed by atoms with Gasteiger partial charge in [0, 0.05) is 11.9 Å². The van der Waals surface area contributed by atoms with Crippen molar-refractivity contribution < 1.29 is 8.78 Å². The van der Waals surface area contributed by atoms with Gasteiger partial charge in [-0.1, -0.05) is 6.07 Å². The summed E-state index contributed by atoms with van der Waals surface area (Å²) in [5.74, 6) is -1.70. The summed E-state index contributed by atoms with van der Waals surface area (Å²) in [7, 11) is 0. The van der Waals surface area contributed by atoms with Crippen LogP contribution in [0.2, 0.25) is 0 Å². The van der Waals surface area contributed by atoms with Crippen molar-refractivity contribution >= 4 is 0 Å².